The lowest BCUT2D eigenvalue weighted by Gasteiger charge is -2.25. The smallest absolute Gasteiger partial charge is 0.0518 e. The van der Waals surface area contributed by atoms with E-state index in [9.17, 15) is 0 Å². The summed E-state index contributed by atoms with van der Waals surface area (Å²) in [5.74, 6) is 0. The highest BCUT2D eigenvalue weighted by atomic mass is 32.1. The predicted octanol–water partition coefficient (Wildman–Crippen LogP) is 3.10. The lowest BCUT2D eigenvalue weighted by atomic mass is 9.91. The topological polar surface area (TPSA) is 40.7 Å². The Morgan fingerprint density at radius 2 is 2.29 bits per heavy atom. The van der Waals surface area contributed by atoms with Gasteiger partial charge in [0.05, 0.1) is 5.69 Å². The molecule has 0 aliphatic heterocycles. The van der Waals surface area contributed by atoms with Gasteiger partial charge in [0.2, 0.25) is 0 Å². The Bertz CT molecular complexity index is 431. The Kier molecular flexibility index (Phi) is 3.64. The first-order valence-corrected chi connectivity index (χ1v) is 6.74. The minimum atomic E-state index is 0.169. The highest BCUT2D eigenvalue weighted by molar-refractivity contribution is 7.10. The molecule has 0 aliphatic carbocycles. The summed E-state index contributed by atoms with van der Waals surface area (Å²) < 4.78 is 0. The van der Waals surface area contributed by atoms with Crippen LogP contribution in [0.4, 0.5) is 0 Å². The van der Waals surface area contributed by atoms with Crippen molar-refractivity contribution in [2.75, 3.05) is 6.54 Å². The molecule has 2 N–H and O–H groups in total. The largest absolute Gasteiger partial charge is 0.308 e. The molecule has 1 unspecified atom stereocenters. The average molecular weight is 249 g/mol. The van der Waals surface area contributed by atoms with Gasteiger partial charge in [-0.1, -0.05) is 19.9 Å². The quantitative estimate of drug-likeness (QED) is 0.855. The zero-order valence-electron chi connectivity index (χ0n) is 10.5. The van der Waals surface area contributed by atoms with Gasteiger partial charge in [-0.05, 0) is 24.4 Å². The second kappa shape index (κ2) is 5.02. The number of nitrogens with one attached hydrogen (secondary N) is 2. The lowest BCUT2D eigenvalue weighted by Crippen LogP contribution is -2.34. The molecule has 0 amide bonds. The van der Waals surface area contributed by atoms with Crippen molar-refractivity contribution in [2.24, 2.45) is 0 Å². The standard InChI is InChI=1S/C13H19N3S/c1-10(11-6-7-15-16-11)14-9-13(2,3)12-5-4-8-17-12/h4-8,10,14H,9H2,1-3H3,(H,15,16). The van der Waals surface area contributed by atoms with Gasteiger partial charge in [0.15, 0.2) is 0 Å². The molecule has 2 aromatic heterocycles. The van der Waals surface area contributed by atoms with Crippen molar-refractivity contribution in [1.29, 1.82) is 0 Å². The average Bonchev–Trinajstić information content (AvgIpc) is 2.97. The summed E-state index contributed by atoms with van der Waals surface area (Å²) in [4.78, 5) is 1.42. The van der Waals surface area contributed by atoms with Gasteiger partial charge in [-0.3, -0.25) is 5.10 Å². The summed E-state index contributed by atoms with van der Waals surface area (Å²) in [5, 5.41) is 12.7. The van der Waals surface area contributed by atoms with Crippen LogP contribution in [0.25, 0.3) is 0 Å². The van der Waals surface area contributed by atoms with Crippen LogP contribution in [0.2, 0.25) is 0 Å². The van der Waals surface area contributed by atoms with E-state index in [1.807, 2.05) is 17.4 Å². The molecule has 3 nitrogen and oxygen atoms in total. The number of nitrogens with zero attached hydrogens (tertiary/aromatic N) is 1. The van der Waals surface area contributed by atoms with E-state index in [1.165, 1.54) is 4.88 Å². The fourth-order valence-corrected chi connectivity index (χ4v) is 2.63. The third kappa shape index (κ3) is 2.96. The number of rotatable bonds is 5. The van der Waals surface area contributed by atoms with Crippen LogP contribution in [0.1, 0.15) is 37.4 Å². The van der Waals surface area contributed by atoms with Crippen molar-refractivity contribution in [3.05, 3.63) is 40.3 Å². The maximum Gasteiger partial charge on any atom is 0.0518 e. The molecule has 2 heterocycles. The van der Waals surface area contributed by atoms with Gasteiger partial charge < -0.3 is 5.32 Å². The number of aromatic amines is 1. The number of hydrogen-bond acceptors (Lipinski definition) is 3. The molecular weight excluding hydrogens is 230 g/mol. The number of H-pyrrole nitrogens is 1. The molecule has 0 aromatic carbocycles. The summed E-state index contributed by atoms with van der Waals surface area (Å²) in [6.45, 7) is 7.64. The van der Waals surface area contributed by atoms with Crippen molar-refractivity contribution >= 4 is 11.3 Å². The molecule has 92 valence electrons. The summed E-state index contributed by atoms with van der Waals surface area (Å²) >= 11 is 1.82. The SMILES string of the molecule is CC(NCC(C)(C)c1cccs1)c1ccn[nH]1. The fourth-order valence-electron chi connectivity index (χ4n) is 1.78. The molecule has 4 heteroatoms. The van der Waals surface area contributed by atoms with E-state index >= 15 is 0 Å². The molecule has 0 aliphatic rings. The number of aromatic nitrogens is 2. The maximum atomic E-state index is 3.97. The van der Waals surface area contributed by atoms with E-state index in [2.05, 4.69) is 53.8 Å². The minimum absolute atomic E-state index is 0.169. The molecule has 0 saturated heterocycles. The lowest BCUT2D eigenvalue weighted by molar-refractivity contribution is 0.437. The fraction of sp³-hybridized carbons (Fsp3) is 0.462. The Morgan fingerprint density at radius 1 is 1.47 bits per heavy atom. The third-order valence-electron chi connectivity index (χ3n) is 3.03. The van der Waals surface area contributed by atoms with Gasteiger partial charge in [-0.15, -0.1) is 11.3 Å². The van der Waals surface area contributed by atoms with Crippen LogP contribution in [0.15, 0.2) is 29.8 Å². The van der Waals surface area contributed by atoms with Crippen LogP contribution in [0, 0.1) is 0 Å². The molecule has 1 atom stereocenters. The summed E-state index contributed by atoms with van der Waals surface area (Å²) in [6.07, 6.45) is 1.79. The molecule has 0 fully saturated rings. The highest BCUT2D eigenvalue weighted by Gasteiger charge is 2.22. The van der Waals surface area contributed by atoms with Gasteiger partial charge in [0, 0.05) is 29.1 Å². The zero-order chi connectivity index (χ0) is 12.3. The van der Waals surface area contributed by atoms with E-state index in [-0.39, 0.29) is 5.41 Å². The first kappa shape index (κ1) is 12.3. The van der Waals surface area contributed by atoms with Gasteiger partial charge in [-0.2, -0.15) is 5.10 Å². The van der Waals surface area contributed by atoms with Crippen molar-refractivity contribution in [2.45, 2.75) is 32.2 Å². The Balaban J connectivity index is 1.94. The van der Waals surface area contributed by atoms with Gasteiger partial charge >= 0.3 is 0 Å². The molecule has 0 bridgehead atoms. The molecule has 2 aromatic rings. The van der Waals surface area contributed by atoms with E-state index in [1.54, 1.807) is 6.20 Å². The molecule has 0 radical (unpaired) electrons. The minimum Gasteiger partial charge on any atom is -0.308 e. The summed E-state index contributed by atoms with van der Waals surface area (Å²) in [5.41, 5.74) is 1.30. The molecule has 2 rings (SSSR count). The third-order valence-corrected chi connectivity index (χ3v) is 4.26. The van der Waals surface area contributed by atoms with Gasteiger partial charge in [-0.25, -0.2) is 0 Å². The Labute approximate surface area is 106 Å². The van der Waals surface area contributed by atoms with Crippen LogP contribution < -0.4 is 5.32 Å². The van der Waals surface area contributed by atoms with E-state index in [4.69, 9.17) is 0 Å². The van der Waals surface area contributed by atoms with Crippen LogP contribution in [-0.4, -0.2) is 16.7 Å². The zero-order valence-corrected chi connectivity index (χ0v) is 11.3. The van der Waals surface area contributed by atoms with Crippen molar-refractivity contribution in [3.63, 3.8) is 0 Å². The molecular formula is C13H19N3S. The van der Waals surface area contributed by atoms with E-state index < -0.39 is 0 Å². The molecule has 0 saturated carbocycles. The molecule has 17 heavy (non-hydrogen) atoms. The van der Waals surface area contributed by atoms with Crippen molar-refractivity contribution < 1.29 is 0 Å². The highest BCUT2D eigenvalue weighted by Crippen LogP contribution is 2.27. The summed E-state index contributed by atoms with van der Waals surface area (Å²) in [7, 11) is 0. The number of thiophene rings is 1. The first-order valence-electron chi connectivity index (χ1n) is 5.86. The van der Waals surface area contributed by atoms with Crippen molar-refractivity contribution in [1.82, 2.24) is 15.5 Å². The second-order valence-electron chi connectivity index (χ2n) is 4.98. The van der Waals surface area contributed by atoms with E-state index in [0.717, 1.165) is 12.2 Å². The summed E-state index contributed by atoms with van der Waals surface area (Å²) in [6, 6.07) is 6.63. The van der Waals surface area contributed by atoms with E-state index in [0.29, 0.717) is 6.04 Å². The second-order valence-corrected chi connectivity index (χ2v) is 5.92. The van der Waals surface area contributed by atoms with Crippen LogP contribution >= 0.6 is 11.3 Å². The van der Waals surface area contributed by atoms with Crippen LogP contribution in [-0.2, 0) is 5.41 Å². The van der Waals surface area contributed by atoms with Crippen molar-refractivity contribution in [3.8, 4) is 0 Å². The van der Waals surface area contributed by atoms with Gasteiger partial charge in [0.1, 0.15) is 0 Å². The van der Waals surface area contributed by atoms with Crippen LogP contribution in [0.3, 0.4) is 0 Å². The van der Waals surface area contributed by atoms with Crippen LogP contribution in [0.5, 0.6) is 0 Å². The normalized spacial score (nSPS) is 13.8. The number of hydrogen-bond donors (Lipinski definition) is 2. The first-order chi connectivity index (χ1) is 8.09. The monoisotopic (exact) mass is 249 g/mol. The van der Waals surface area contributed by atoms with Gasteiger partial charge in [0.25, 0.3) is 0 Å². The molecule has 0 spiro atoms. The predicted molar refractivity (Wildman–Crippen MR) is 72.4 cm³/mol. The Morgan fingerprint density at radius 3 is 2.88 bits per heavy atom. The Hall–Kier alpha value is -1.13. The maximum absolute atomic E-state index is 3.97.